The van der Waals surface area contributed by atoms with Crippen molar-refractivity contribution in [2.45, 2.75) is 12.8 Å². The van der Waals surface area contributed by atoms with Crippen LogP contribution in [0.1, 0.15) is 23.2 Å². The van der Waals surface area contributed by atoms with E-state index in [-0.39, 0.29) is 23.1 Å². The molecule has 0 bridgehead atoms. The molecule has 0 atom stereocenters. The molecule has 1 amide bonds. The van der Waals surface area contributed by atoms with Crippen molar-refractivity contribution in [1.82, 2.24) is 4.90 Å². The lowest BCUT2D eigenvalue weighted by atomic mass is 9.98. The van der Waals surface area contributed by atoms with E-state index < -0.39 is 5.82 Å². The third-order valence-corrected chi connectivity index (χ3v) is 3.15. The quantitative estimate of drug-likeness (QED) is 0.825. The van der Waals surface area contributed by atoms with Crippen LogP contribution in [0, 0.1) is 23.1 Å². The van der Waals surface area contributed by atoms with Crippen molar-refractivity contribution in [3.63, 3.8) is 0 Å². The minimum Gasteiger partial charge on any atom is -0.507 e. The number of phenols is 1. The van der Waals surface area contributed by atoms with Gasteiger partial charge in [0, 0.05) is 25.1 Å². The molecule has 1 aromatic carbocycles. The van der Waals surface area contributed by atoms with Crippen molar-refractivity contribution in [1.29, 1.82) is 5.26 Å². The van der Waals surface area contributed by atoms with E-state index in [0.717, 1.165) is 12.1 Å². The topological polar surface area (TPSA) is 64.3 Å². The molecule has 2 rings (SSSR count). The standard InChI is InChI=1S/C13H13FN2O2/c14-10-1-2-11(12(17)7-10)13(18)16-5-3-9(8-15)4-6-16/h1-2,7,9,17H,3-6H2. The Hall–Kier alpha value is -2.09. The maximum Gasteiger partial charge on any atom is 0.257 e. The van der Waals surface area contributed by atoms with Crippen LogP contribution in [0.25, 0.3) is 0 Å². The summed E-state index contributed by atoms with van der Waals surface area (Å²) in [6.07, 6.45) is 1.29. The fraction of sp³-hybridized carbons (Fsp3) is 0.385. The molecule has 0 saturated carbocycles. The molecule has 18 heavy (non-hydrogen) atoms. The van der Waals surface area contributed by atoms with Crippen molar-refractivity contribution in [3.8, 4) is 11.8 Å². The number of hydrogen-bond donors (Lipinski definition) is 1. The summed E-state index contributed by atoms with van der Waals surface area (Å²) in [7, 11) is 0. The minimum absolute atomic E-state index is 0.00383. The Bertz CT molecular complexity index is 502. The first-order valence-electron chi connectivity index (χ1n) is 5.79. The summed E-state index contributed by atoms with van der Waals surface area (Å²) < 4.78 is 12.8. The molecule has 0 aromatic heterocycles. The van der Waals surface area contributed by atoms with Gasteiger partial charge in [-0.15, -0.1) is 0 Å². The number of amides is 1. The lowest BCUT2D eigenvalue weighted by molar-refractivity contribution is 0.0704. The second kappa shape index (κ2) is 5.05. The van der Waals surface area contributed by atoms with E-state index in [2.05, 4.69) is 6.07 Å². The molecular weight excluding hydrogens is 235 g/mol. The SMILES string of the molecule is N#CC1CCN(C(=O)c2ccc(F)cc2O)CC1. The largest absolute Gasteiger partial charge is 0.507 e. The summed E-state index contributed by atoms with van der Waals surface area (Å²) >= 11 is 0. The van der Waals surface area contributed by atoms with Crippen molar-refractivity contribution >= 4 is 5.91 Å². The van der Waals surface area contributed by atoms with E-state index in [1.165, 1.54) is 6.07 Å². The van der Waals surface area contributed by atoms with Gasteiger partial charge in [-0.25, -0.2) is 4.39 Å². The van der Waals surface area contributed by atoms with Gasteiger partial charge in [0.05, 0.1) is 11.6 Å². The zero-order valence-corrected chi connectivity index (χ0v) is 9.77. The summed E-state index contributed by atoms with van der Waals surface area (Å²) in [4.78, 5) is 13.7. The Balaban J connectivity index is 2.11. The highest BCUT2D eigenvalue weighted by atomic mass is 19.1. The summed E-state index contributed by atoms with van der Waals surface area (Å²) in [5, 5.41) is 18.3. The second-order valence-electron chi connectivity index (χ2n) is 4.36. The number of piperidine rings is 1. The van der Waals surface area contributed by atoms with E-state index in [4.69, 9.17) is 5.26 Å². The summed E-state index contributed by atoms with van der Waals surface area (Å²) in [6, 6.07) is 5.54. The number of aromatic hydroxyl groups is 1. The van der Waals surface area contributed by atoms with Gasteiger partial charge in [-0.2, -0.15) is 5.26 Å². The number of nitrogens with zero attached hydrogens (tertiary/aromatic N) is 2. The number of nitriles is 1. The molecule has 0 aliphatic carbocycles. The molecule has 0 unspecified atom stereocenters. The third kappa shape index (κ3) is 2.43. The number of likely N-dealkylation sites (tertiary alicyclic amines) is 1. The smallest absolute Gasteiger partial charge is 0.257 e. The van der Waals surface area contributed by atoms with Crippen molar-refractivity contribution in [3.05, 3.63) is 29.6 Å². The molecule has 1 aliphatic heterocycles. The van der Waals surface area contributed by atoms with Crippen LogP contribution < -0.4 is 0 Å². The number of hydrogen-bond acceptors (Lipinski definition) is 3. The van der Waals surface area contributed by atoms with Gasteiger partial charge < -0.3 is 10.0 Å². The fourth-order valence-corrected chi connectivity index (χ4v) is 2.07. The molecule has 1 saturated heterocycles. The van der Waals surface area contributed by atoms with E-state index in [9.17, 15) is 14.3 Å². The molecular formula is C13H13FN2O2. The van der Waals surface area contributed by atoms with Gasteiger partial charge in [-0.3, -0.25) is 4.79 Å². The number of halogens is 1. The number of phenolic OH excluding ortho intramolecular Hbond substituents is 1. The van der Waals surface area contributed by atoms with E-state index in [1.807, 2.05) is 0 Å². The predicted octanol–water partition coefficient (Wildman–Crippen LogP) is 1.91. The van der Waals surface area contributed by atoms with Crippen LogP contribution in [-0.4, -0.2) is 29.0 Å². The predicted molar refractivity (Wildman–Crippen MR) is 62.3 cm³/mol. The minimum atomic E-state index is -0.577. The van der Waals surface area contributed by atoms with Crippen LogP contribution >= 0.6 is 0 Å². The number of carbonyl (C=O) groups excluding carboxylic acids is 1. The molecule has 4 nitrogen and oxygen atoms in total. The third-order valence-electron chi connectivity index (χ3n) is 3.15. The van der Waals surface area contributed by atoms with E-state index in [0.29, 0.717) is 25.9 Å². The van der Waals surface area contributed by atoms with Gasteiger partial charge in [0.15, 0.2) is 0 Å². The fourth-order valence-electron chi connectivity index (χ4n) is 2.07. The van der Waals surface area contributed by atoms with E-state index in [1.54, 1.807) is 4.90 Å². The van der Waals surface area contributed by atoms with Gasteiger partial charge in [-0.05, 0) is 25.0 Å². The monoisotopic (exact) mass is 248 g/mol. The lowest BCUT2D eigenvalue weighted by Crippen LogP contribution is -2.38. The molecule has 94 valence electrons. The van der Waals surface area contributed by atoms with Gasteiger partial charge in [0.25, 0.3) is 5.91 Å². The van der Waals surface area contributed by atoms with Crippen LogP contribution in [-0.2, 0) is 0 Å². The van der Waals surface area contributed by atoms with Gasteiger partial charge >= 0.3 is 0 Å². The number of carbonyl (C=O) groups is 1. The number of benzene rings is 1. The zero-order chi connectivity index (χ0) is 13.1. The first-order chi connectivity index (χ1) is 8.61. The zero-order valence-electron chi connectivity index (χ0n) is 9.77. The Morgan fingerprint density at radius 2 is 2.11 bits per heavy atom. The second-order valence-corrected chi connectivity index (χ2v) is 4.36. The van der Waals surface area contributed by atoms with Gasteiger partial charge in [-0.1, -0.05) is 0 Å². The molecule has 0 radical (unpaired) electrons. The highest BCUT2D eigenvalue weighted by molar-refractivity contribution is 5.96. The highest BCUT2D eigenvalue weighted by Crippen LogP contribution is 2.23. The molecule has 1 heterocycles. The van der Waals surface area contributed by atoms with Crippen LogP contribution in [0.3, 0.4) is 0 Å². The van der Waals surface area contributed by atoms with Crippen LogP contribution in [0.15, 0.2) is 18.2 Å². The highest BCUT2D eigenvalue weighted by Gasteiger charge is 2.24. The maximum atomic E-state index is 12.8. The van der Waals surface area contributed by atoms with Crippen molar-refractivity contribution in [2.24, 2.45) is 5.92 Å². The van der Waals surface area contributed by atoms with Crippen molar-refractivity contribution in [2.75, 3.05) is 13.1 Å². The molecule has 1 aliphatic rings. The normalized spacial score (nSPS) is 16.3. The summed E-state index contributed by atoms with van der Waals surface area (Å²) in [5.41, 5.74) is 0.104. The maximum absolute atomic E-state index is 12.8. The van der Waals surface area contributed by atoms with E-state index >= 15 is 0 Å². The molecule has 1 N–H and O–H groups in total. The summed E-state index contributed by atoms with van der Waals surface area (Å²) in [5.74, 6) is -1.24. The Labute approximate surface area is 104 Å². The average molecular weight is 248 g/mol. The van der Waals surface area contributed by atoms with Crippen LogP contribution in [0.4, 0.5) is 4.39 Å². The van der Waals surface area contributed by atoms with Gasteiger partial charge in [0.2, 0.25) is 0 Å². The Kier molecular flexibility index (Phi) is 3.47. The Morgan fingerprint density at radius 1 is 1.44 bits per heavy atom. The first-order valence-corrected chi connectivity index (χ1v) is 5.79. The average Bonchev–Trinajstić information content (AvgIpc) is 2.38. The molecule has 1 aromatic rings. The Morgan fingerprint density at radius 3 is 2.67 bits per heavy atom. The number of rotatable bonds is 1. The van der Waals surface area contributed by atoms with Crippen molar-refractivity contribution < 1.29 is 14.3 Å². The lowest BCUT2D eigenvalue weighted by Gasteiger charge is -2.29. The molecule has 0 spiro atoms. The molecule has 1 fully saturated rings. The molecule has 5 heteroatoms. The van der Waals surface area contributed by atoms with Crippen LogP contribution in [0.2, 0.25) is 0 Å². The van der Waals surface area contributed by atoms with Gasteiger partial charge in [0.1, 0.15) is 11.6 Å². The first kappa shape index (κ1) is 12.4. The summed E-state index contributed by atoms with van der Waals surface area (Å²) in [6.45, 7) is 0.988. The van der Waals surface area contributed by atoms with Crippen LogP contribution in [0.5, 0.6) is 5.75 Å².